The maximum atomic E-state index is 6.73. The largest absolute Gasteiger partial charge is 0.453 e. The Morgan fingerprint density at radius 2 is 0.741 bits per heavy atom. The molecule has 0 atom stereocenters. The number of benzene rings is 7. The zero-order valence-corrected chi connectivity index (χ0v) is 31.4. The van der Waals surface area contributed by atoms with Crippen molar-refractivity contribution < 1.29 is 9.47 Å². The first-order chi connectivity index (χ1) is 26.3. The number of anilines is 6. The molecule has 0 bridgehead atoms. The van der Waals surface area contributed by atoms with Crippen LogP contribution in [0.25, 0.3) is 0 Å². The topological polar surface area (TPSA) is 24.9 Å². The molecule has 0 fully saturated rings. The Labute approximate surface area is 317 Å². The molecule has 0 saturated carbocycles. The van der Waals surface area contributed by atoms with Crippen molar-refractivity contribution in [1.82, 2.24) is 0 Å². The predicted molar refractivity (Wildman–Crippen MR) is 227 cm³/mol. The van der Waals surface area contributed by atoms with Gasteiger partial charge in [-0.25, -0.2) is 0 Å². The van der Waals surface area contributed by atoms with E-state index in [2.05, 4.69) is 173 Å². The normalized spacial score (nSPS) is 13.9. The van der Waals surface area contributed by atoms with Crippen molar-refractivity contribution in [3.63, 3.8) is 0 Å². The highest BCUT2D eigenvalue weighted by Crippen LogP contribution is 2.53. The summed E-state index contributed by atoms with van der Waals surface area (Å²) in [4.78, 5) is 4.97. The third-order valence-corrected chi connectivity index (χ3v) is 12.1. The van der Waals surface area contributed by atoms with Gasteiger partial charge < -0.3 is 19.3 Å². The summed E-state index contributed by atoms with van der Waals surface area (Å²) >= 11 is 0. The van der Waals surface area contributed by atoms with Crippen LogP contribution in [0.3, 0.4) is 0 Å². The van der Waals surface area contributed by atoms with E-state index in [-0.39, 0.29) is 13.4 Å². The number of fused-ring (bicyclic) bond motifs is 8. The van der Waals surface area contributed by atoms with Gasteiger partial charge >= 0.3 is 0 Å². The first-order valence-corrected chi connectivity index (χ1v) is 19.0. The van der Waals surface area contributed by atoms with E-state index in [1.54, 1.807) is 0 Å². The lowest BCUT2D eigenvalue weighted by Crippen LogP contribution is -2.62. The smallest absolute Gasteiger partial charge is 0.247 e. The fourth-order valence-corrected chi connectivity index (χ4v) is 10.3. The summed E-state index contributed by atoms with van der Waals surface area (Å²) in [6, 6.07) is 44.6. The van der Waals surface area contributed by atoms with Crippen molar-refractivity contribution in [2.45, 2.75) is 41.5 Å². The van der Waals surface area contributed by atoms with E-state index in [0.717, 1.165) is 45.7 Å². The fourth-order valence-electron chi connectivity index (χ4n) is 10.3. The van der Waals surface area contributed by atoms with Crippen LogP contribution in [0, 0.1) is 41.5 Å². The lowest BCUT2D eigenvalue weighted by Gasteiger charge is -2.45. The zero-order chi connectivity index (χ0) is 36.6. The number of ether oxygens (including phenoxy) is 2. The van der Waals surface area contributed by atoms with Gasteiger partial charge in [0.05, 0.1) is 22.7 Å². The van der Waals surface area contributed by atoms with Crippen molar-refractivity contribution >= 4 is 80.3 Å². The molecule has 0 saturated heterocycles. The Morgan fingerprint density at radius 1 is 0.370 bits per heavy atom. The Bertz CT molecular complexity index is 2550. The quantitative estimate of drug-likeness (QED) is 0.170. The Hall–Kier alpha value is -6.13. The second kappa shape index (κ2) is 11.2. The molecule has 258 valence electrons. The molecular weight excluding hydrogens is 658 g/mol. The lowest BCUT2D eigenvalue weighted by atomic mass is 9.31. The van der Waals surface area contributed by atoms with Crippen LogP contribution >= 0.6 is 0 Å². The standard InChI is InChI=1S/C48H38B2N2O2/c1-27-21-29(3)45(30(4)22-27)49-33-13-11-19-43-47(33)51(37-15-7-9-17-41(37)53-43)39-26-36-40(25-35(39)49)52-38-16-8-10-18-42(38)54-44-20-12-14-34(48(44)52)50(36)46-31(5)23-28(2)24-32(46)6/h7-26H,1-6H3. The van der Waals surface area contributed by atoms with E-state index >= 15 is 0 Å². The van der Waals surface area contributed by atoms with Gasteiger partial charge in [0.25, 0.3) is 0 Å². The molecule has 11 rings (SSSR count). The predicted octanol–water partition coefficient (Wildman–Crippen LogP) is 8.35. The van der Waals surface area contributed by atoms with Gasteiger partial charge in [-0.05, 0) is 112 Å². The lowest BCUT2D eigenvalue weighted by molar-refractivity contribution is 0.477. The van der Waals surface area contributed by atoms with Gasteiger partial charge in [-0.3, -0.25) is 0 Å². The summed E-state index contributed by atoms with van der Waals surface area (Å²) in [5.74, 6) is 3.51. The minimum atomic E-state index is -0.0137. The van der Waals surface area contributed by atoms with Gasteiger partial charge in [0.15, 0.2) is 23.0 Å². The molecule has 0 unspecified atom stereocenters. The summed E-state index contributed by atoms with van der Waals surface area (Å²) in [6.45, 7) is 13.5. The molecule has 0 radical (unpaired) electrons. The number of hydrogen-bond donors (Lipinski definition) is 0. The van der Waals surface area contributed by atoms with Crippen molar-refractivity contribution in [1.29, 1.82) is 0 Å². The molecule has 4 heterocycles. The van der Waals surface area contributed by atoms with Crippen molar-refractivity contribution in [3.8, 4) is 23.0 Å². The summed E-state index contributed by atoms with van der Waals surface area (Å²) in [5, 5.41) is 0. The Kier molecular flexibility index (Phi) is 6.51. The third-order valence-electron chi connectivity index (χ3n) is 12.1. The molecule has 0 aromatic heterocycles. The van der Waals surface area contributed by atoms with Gasteiger partial charge in [0.2, 0.25) is 13.4 Å². The van der Waals surface area contributed by atoms with Crippen molar-refractivity contribution in [3.05, 3.63) is 155 Å². The third kappa shape index (κ3) is 4.22. The van der Waals surface area contributed by atoms with Crippen LogP contribution in [0.4, 0.5) is 34.1 Å². The Balaban J connectivity index is 1.30. The van der Waals surface area contributed by atoms with E-state index in [1.165, 1.54) is 77.5 Å². The molecule has 0 amide bonds. The molecule has 0 aliphatic carbocycles. The highest BCUT2D eigenvalue weighted by Gasteiger charge is 2.46. The van der Waals surface area contributed by atoms with E-state index in [0.29, 0.717) is 0 Å². The molecule has 7 aromatic rings. The van der Waals surface area contributed by atoms with Gasteiger partial charge in [0, 0.05) is 11.4 Å². The van der Waals surface area contributed by atoms with Crippen molar-refractivity contribution in [2.24, 2.45) is 0 Å². The van der Waals surface area contributed by atoms with E-state index in [1.807, 2.05) is 0 Å². The average Bonchev–Trinajstić information content (AvgIpc) is 3.15. The van der Waals surface area contributed by atoms with Crippen LogP contribution in [0.5, 0.6) is 23.0 Å². The highest BCUT2D eigenvalue weighted by molar-refractivity contribution is 7.00. The minimum absolute atomic E-state index is 0.0137. The molecule has 4 aliphatic heterocycles. The average molecular weight is 696 g/mol. The van der Waals surface area contributed by atoms with E-state index in [4.69, 9.17) is 9.47 Å². The van der Waals surface area contributed by atoms with Gasteiger partial charge in [-0.15, -0.1) is 0 Å². The maximum Gasteiger partial charge on any atom is 0.247 e. The van der Waals surface area contributed by atoms with Crippen LogP contribution in [0.15, 0.2) is 121 Å². The number of hydrogen-bond acceptors (Lipinski definition) is 4. The number of para-hydroxylation sites is 6. The van der Waals surface area contributed by atoms with Crippen LogP contribution < -0.4 is 52.1 Å². The van der Waals surface area contributed by atoms with Crippen LogP contribution in [0.1, 0.15) is 33.4 Å². The molecule has 0 spiro atoms. The van der Waals surface area contributed by atoms with Crippen LogP contribution in [-0.2, 0) is 0 Å². The van der Waals surface area contributed by atoms with Crippen LogP contribution in [0.2, 0.25) is 0 Å². The van der Waals surface area contributed by atoms with Gasteiger partial charge in [0.1, 0.15) is 0 Å². The Morgan fingerprint density at radius 3 is 1.15 bits per heavy atom. The number of aryl methyl sites for hydroxylation is 6. The summed E-state index contributed by atoms with van der Waals surface area (Å²) < 4.78 is 13.5. The molecule has 0 N–H and O–H groups in total. The maximum absolute atomic E-state index is 6.73. The second-order valence-electron chi connectivity index (χ2n) is 15.7. The van der Waals surface area contributed by atoms with E-state index < -0.39 is 0 Å². The summed E-state index contributed by atoms with van der Waals surface area (Å²) in [7, 11) is 0. The molecule has 4 nitrogen and oxygen atoms in total. The molecule has 6 heteroatoms. The summed E-state index contributed by atoms with van der Waals surface area (Å²) in [5.41, 5.74) is 22.3. The van der Waals surface area contributed by atoms with Crippen molar-refractivity contribution in [2.75, 3.05) is 9.80 Å². The summed E-state index contributed by atoms with van der Waals surface area (Å²) in [6.07, 6.45) is 0. The monoisotopic (exact) mass is 696 g/mol. The SMILES string of the molecule is Cc1cc(C)c(B2c3cc4c(cc3N3c5ccccc5Oc5cccc2c53)B(c2c(C)cc(C)cc2C)c2cccc3c2N4c2ccccc2O3)c(C)c1. The highest BCUT2D eigenvalue weighted by atomic mass is 16.5. The van der Waals surface area contributed by atoms with E-state index in [9.17, 15) is 0 Å². The molecule has 7 aromatic carbocycles. The molecule has 4 aliphatic rings. The molecule has 54 heavy (non-hydrogen) atoms. The first kappa shape index (κ1) is 31.4. The minimum Gasteiger partial charge on any atom is -0.453 e. The fraction of sp³-hybridized carbons (Fsp3) is 0.125. The van der Waals surface area contributed by atoms with Gasteiger partial charge in [-0.1, -0.05) is 117 Å². The molecular formula is C48H38B2N2O2. The van der Waals surface area contributed by atoms with Crippen LogP contribution in [-0.4, -0.2) is 13.4 Å². The zero-order valence-electron chi connectivity index (χ0n) is 31.4. The number of nitrogens with zero attached hydrogens (tertiary/aromatic N) is 2. The first-order valence-electron chi connectivity index (χ1n) is 19.0. The van der Waals surface area contributed by atoms with Gasteiger partial charge in [-0.2, -0.15) is 0 Å². The number of rotatable bonds is 2. The second-order valence-corrected chi connectivity index (χ2v) is 15.7.